The molecule has 0 aliphatic heterocycles. The van der Waals surface area contributed by atoms with Crippen molar-refractivity contribution in [3.63, 3.8) is 0 Å². The fourth-order valence-corrected chi connectivity index (χ4v) is 2.76. The van der Waals surface area contributed by atoms with Gasteiger partial charge in [0.25, 0.3) is 0 Å². The molecule has 2 aromatic heterocycles. The molecule has 134 valence electrons. The first kappa shape index (κ1) is 17.7. The summed E-state index contributed by atoms with van der Waals surface area (Å²) in [5.74, 6) is -0.631. The minimum atomic E-state index is -0.550. The first-order valence-electron chi connectivity index (χ1n) is 7.45. The third kappa shape index (κ3) is 4.09. The molecule has 0 bridgehead atoms. The average Bonchev–Trinajstić information content (AvgIpc) is 3.29. The van der Waals surface area contributed by atoms with Gasteiger partial charge in [-0.25, -0.2) is 4.39 Å². The summed E-state index contributed by atoms with van der Waals surface area (Å²) in [7, 11) is 1.75. The van der Waals surface area contributed by atoms with Gasteiger partial charge in [0.05, 0.1) is 12.0 Å². The van der Waals surface area contributed by atoms with Crippen molar-refractivity contribution in [1.29, 1.82) is 0 Å². The van der Waals surface area contributed by atoms with Crippen LogP contribution in [0.15, 0.2) is 52.2 Å². The van der Waals surface area contributed by atoms with Gasteiger partial charge in [-0.1, -0.05) is 11.8 Å². The number of nitrogens with zero attached hydrogens (tertiary/aromatic N) is 3. The predicted octanol–water partition coefficient (Wildman–Crippen LogP) is 1.77. The molecule has 0 unspecified atom stereocenters. The van der Waals surface area contributed by atoms with Crippen LogP contribution in [0.5, 0.6) is 0 Å². The highest BCUT2D eigenvalue weighted by Crippen LogP contribution is 2.22. The zero-order valence-corrected chi connectivity index (χ0v) is 14.4. The summed E-state index contributed by atoms with van der Waals surface area (Å²) in [4.78, 5) is 23.5. The number of carbonyl (C=O) groups excluding carboxylic acids is 2. The van der Waals surface area contributed by atoms with E-state index in [1.807, 2.05) is 0 Å². The van der Waals surface area contributed by atoms with Crippen molar-refractivity contribution in [1.82, 2.24) is 25.6 Å². The molecule has 0 aliphatic rings. The maximum absolute atomic E-state index is 13.0. The molecule has 0 atom stereocenters. The number of carbonyl (C=O) groups is 2. The Labute approximate surface area is 151 Å². The van der Waals surface area contributed by atoms with Crippen molar-refractivity contribution >= 4 is 23.6 Å². The molecule has 3 rings (SSSR count). The van der Waals surface area contributed by atoms with E-state index in [4.69, 9.17) is 4.42 Å². The van der Waals surface area contributed by atoms with E-state index >= 15 is 0 Å². The van der Waals surface area contributed by atoms with Crippen LogP contribution in [0.4, 0.5) is 4.39 Å². The molecule has 2 amide bonds. The summed E-state index contributed by atoms with van der Waals surface area (Å²) in [6.07, 6.45) is 1.36. The van der Waals surface area contributed by atoms with E-state index in [1.54, 1.807) is 29.8 Å². The van der Waals surface area contributed by atoms with E-state index in [9.17, 15) is 14.0 Å². The van der Waals surface area contributed by atoms with Crippen LogP contribution in [0, 0.1) is 5.82 Å². The van der Waals surface area contributed by atoms with Crippen molar-refractivity contribution in [2.24, 2.45) is 7.05 Å². The van der Waals surface area contributed by atoms with Crippen LogP contribution >= 0.6 is 11.8 Å². The fourth-order valence-electron chi connectivity index (χ4n) is 2.05. The fraction of sp³-hybridized carbons (Fsp3) is 0.125. The van der Waals surface area contributed by atoms with Gasteiger partial charge in [0, 0.05) is 12.6 Å². The van der Waals surface area contributed by atoms with E-state index in [0.29, 0.717) is 16.5 Å². The Morgan fingerprint density at radius 3 is 2.65 bits per heavy atom. The van der Waals surface area contributed by atoms with Crippen LogP contribution in [0.25, 0.3) is 11.4 Å². The van der Waals surface area contributed by atoms with Crippen molar-refractivity contribution in [3.05, 3.63) is 54.2 Å². The largest absolute Gasteiger partial charge is 0.459 e. The van der Waals surface area contributed by atoms with E-state index in [0.717, 1.165) is 11.8 Å². The Kier molecular flexibility index (Phi) is 5.32. The van der Waals surface area contributed by atoms with Gasteiger partial charge in [0.1, 0.15) is 5.82 Å². The standard InChI is InChI=1S/C16H14FN5O3S/c1-22-14(10-4-6-11(17)7-5-10)19-21-16(22)26-9-13(23)18-20-15(24)12-3-2-8-25-12/h2-8H,9H2,1H3,(H,18,23)(H,20,24). The predicted molar refractivity (Wildman–Crippen MR) is 91.4 cm³/mol. The number of halogens is 1. The maximum Gasteiger partial charge on any atom is 0.305 e. The van der Waals surface area contributed by atoms with Crippen molar-refractivity contribution in [3.8, 4) is 11.4 Å². The smallest absolute Gasteiger partial charge is 0.305 e. The summed E-state index contributed by atoms with van der Waals surface area (Å²) >= 11 is 1.15. The van der Waals surface area contributed by atoms with Gasteiger partial charge in [-0.2, -0.15) is 0 Å². The minimum Gasteiger partial charge on any atom is -0.459 e. The Morgan fingerprint density at radius 1 is 1.19 bits per heavy atom. The molecule has 1 aromatic carbocycles. The second kappa shape index (κ2) is 7.83. The molecular weight excluding hydrogens is 361 g/mol. The van der Waals surface area contributed by atoms with Crippen LogP contribution in [0.2, 0.25) is 0 Å². The number of aromatic nitrogens is 3. The molecule has 8 nitrogen and oxygen atoms in total. The average molecular weight is 375 g/mol. The number of nitrogens with one attached hydrogen (secondary N) is 2. The number of amides is 2. The summed E-state index contributed by atoms with van der Waals surface area (Å²) in [5, 5.41) is 8.59. The van der Waals surface area contributed by atoms with E-state index in [-0.39, 0.29) is 17.3 Å². The van der Waals surface area contributed by atoms with Crippen LogP contribution in [0.1, 0.15) is 10.6 Å². The molecular formula is C16H14FN5O3S. The first-order valence-corrected chi connectivity index (χ1v) is 8.44. The number of thioether (sulfide) groups is 1. The lowest BCUT2D eigenvalue weighted by atomic mass is 10.2. The molecule has 2 heterocycles. The van der Waals surface area contributed by atoms with Gasteiger partial charge < -0.3 is 8.98 Å². The maximum atomic E-state index is 13.0. The lowest BCUT2D eigenvalue weighted by Gasteiger charge is -2.06. The zero-order chi connectivity index (χ0) is 18.5. The van der Waals surface area contributed by atoms with Crippen LogP contribution in [0.3, 0.4) is 0 Å². The highest BCUT2D eigenvalue weighted by atomic mass is 32.2. The monoisotopic (exact) mass is 375 g/mol. The van der Waals surface area contributed by atoms with Gasteiger partial charge in [-0.05, 0) is 36.4 Å². The lowest BCUT2D eigenvalue weighted by Crippen LogP contribution is -2.42. The Hall–Kier alpha value is -3.14. The van der Waals surface area contributed by atoms with E-state index < -0.39 is 11.8 Å². The van der Waals surface area contributed by atoms with Crippen molar-refractivity contribution < 1.29 is 18.4 Å². The molecule has 3 aromatic rings. The second-order valence-electron chi connectivity index (χ2n) is 5.14. The van der Waals surface area contributed by atoms with E-state index in [1.165, 1.54) is 24.5 Å². The summed E-state index contributed by atoms with van der Waals surface area (Å²) < 4.78 is 19.6. The number of furan rings is 1. The molecule has 0 fully saturated rings. The van der Waals surface area contributed by atoms with Crippen LogP contribution in [-0.4, -0.2) is 32.3 Å². The summed E-state index contributed by atoms with van der Waals surface area (Å²) in [5.41, 5.74) is 5.25. The number of hydrogen-bond acceptors (Lipinski definition) is 6. The second-order valence-corrected chi connectivity index (χ2v) is 6.08. The molecule has 26 heavy (non-hydrogen) atoms. The number of hydrogen-bond donors (Lipinski definition) is 2. The number of benzene rings is 1. The first-order chi connectivity index (χ1) is 12.5. The highest BCUT2D eigenvalue weighted by molar-refractivity contribution is 7.99. The van der Waals surface area contributed by atoms with Crippen molar-refractivity contribution in [2.75, 3.05) is 5.75 Å². The Morgan fingerprint density at radius 2 is 1.96 bits per heavy atom. The third-order valence-corrected chi connectivity index (χ3v) is 4.35. The van der Waals surface area contributed by atoms with E-state index in [2.05, 4.69) is 21.0 Å². The molecule has 0 aliphatic carbocycles. The zero-order valence-electron chi connectivity index (χ0n) is 13.6. The minimum absolute atomic E-state index is 0.0217. The topological polar surface area (TPSA) is 102 Å². The van der Waals surface area contributed by atoms with Crippen LogP contribution < -0.4 is 10.9 Å². The summed E-state index contributed by atoms with van der Waals surface area (Å²) in [6, 6.07) is 8.93. The molecule has 0 saturated heterocycles. The molecule has 0 spiro atoms. The third-order valence-electron chi connectivity index (χ3n) is 3.33. The lowest BCUT2D eigenvalue weighted by molar-refractivity contribution is -0.119. The molecule has 0 saturated carbocycles. The van der Waals surface area contributed by atoms with Gasteiger partial charge >= 0.3 is 5.91 Å². The summed E-state index contributed by atoms with van der Waals surface area (Å²) in [6.45, 7) is 0. The highest BCUT2D eigenvalue weighted by Gasteiger charge is 2.14. The molecule has 2 N–H and O–H groups in total. The normalized spacial score (nSPS) is 10.5. The molecule has 10 heteroatoms. The quantitative estimate of drug-likeness (QED) is 0.521. The van der Waals surface area contributed by atoms with Crippen molar-refractivity contribution in [2.45, 2.75) is 5.16 Å². The van der Waals surface area contributed by atoms with Gasteiger partial charge in [-0.3, -0.25) is 20.4 Å². The number of hydrazine groups is 1. The van der Waals surface area contributed by atoms with Crippen LogP contribution in [-0.2, 0) is 11.8 Å². The SMILES string of the molecule is Cn1c(SCC(=O)NNC(=O)c2ccco2)nnc1-c1ccc(F)cc1. The van der Waals surface area contributed by atoms with Gasteiger partial charge in [0.2, 0.25) is 5.91 Å². The van der Waals surface area contributed by atoms with Gasteiger partial charge in [-0.15, -0.1) is 10.2 Å². The molecule has 0 radical (unpaired) electrons. The number of rotatable bonds is 5. The van der Waals surface area contributed by atoms with Gasteiger partial charge in [0.15, 0.2) is 16.7 Å². The Balaban J connectivity index is 1.54. The Bertz CT molecular complexity index is 909.